The minimum Gasteiger partial charge on any atom is -0.494 e. The minimum absolute atomic E-state index is 0.678. The average Bonchev–Trinajstić information content (AvgIpc) is 2.89. The predicted octanol–water partition coefficient (Wildman–Crippen LogP) is 6.31. The van der Waals surface area contributed by atoms with Gasteiger partial charge in [-0.05, 0) is 81.8 Å². The Balaban J connectivity index is 1.91. The third-order valence-electron chi connectivity index (χ3n) is 4.38. The Morgan fingerprint density at radius 2 is 1.77 bits per heavy atom. The number of aromatic nitrogens is 1. The van der Waals surface area contributed by atoms with Crippen LogP contribution in [0.5, 0.6) is 5.75 Å². The third-order valence-corrected chi connectivity index (χ3v) is 4.87. The van der Waals surface area contributed by atoms with Gasteiger partial charge < -0.3 is 9.30 Å². The van der Waals surface area contributed by atoms with Gasteiger partial charge >= 0.3 is 0 Å². The van der Waals surface area contributed by atoms with Crippen molar-refractivity contribution in [1.29, 1.82) is 0 Å². The van der Waals surface area contributed by atoms with E-state index in [9.17, 15) is 0 Å². The molecule has 3 rings (SSSR count). The van der Waals surface area contributed by atoms with Crippen LogP contribution in [0.1, 0.15) is 29.4 Å². The topological polar surface area (TPSA) is 26.5 Å². The largest absolute Gasteiger partial charge is 0.494 e. The van der Waals surface area contributed by atoms with E-state index in [2.05, 4.69) is 70.5 Å². The molecule has 0 saturated heterocycles. The Morgan fingerprint density at radius 3 is 2.42 bits per heavy atom. The fraction of sp³-hybridized carbons (Fsp3) is 0.227. The molecule has 3 nitrogen and oxygen atoms in total. The summed E-state index contributed by atoms with van der Waals surface area (Å²) in [7, 11) is 0. The Labute approximate surface area is 163 Å². The predicted molar refractivity (Wildman–Crippen MR) is 113 cm³/mol. The van der Waals surface area contributed by atoms with E-state index >= 15 is 0 Å². The minimum atomic E-state index is 0.678. The number of hydrogen-bond donors (Lipinski definition) is 0. The van der Waals surface area contributed by atoms with Crippen molar-refractivity contribution in [3.63, 3.8) is 0 Å². The summed E-state index contributed by atoms with van der Waals surface area (Å²) in [4.78, 5) is 4.69. The van der Waals surface area contributed by atoms with Crippen LogP contribution in [-0.2, 0) is 0 Å². The molecule has 0 fully saturated rings. The van der Waals surface area contributed by atoms with Gasteiger partial charge in [0.1, 0.15) is 5.75 Å². The van der Waals surface area contributed by atoms with Gasteiger partial charge in [0.2, 0.25) is 0 Å². The highest BCUT2D eigenvalue weighted by Gasteiger charge is 2.09. The van der Waals surface area contributed by atoms with Gasteiger partial charge in [-0.25, -0.2) is 0 Å². The van der Waals surface area contributed by atoms with Crippen LogP contribution < -0.4 is 4.74 Å². The van der Waals surface area contributed by atoms with Gasteiger partial charge in [-0.2, -0.15) is 0 Å². The number of benzene rings is 2. The first kappa shape index (κ1) is 18.5. The van der Waals surface area contributed by atoms with E-state index in [1.807, 2.05) is 37.4 Å². The van der Waals surface area contributed by atoms with Crippen molar-refractivity contribution in [3.05, 3.63) is 75.5 Å². The van der Waals surface area contributed by atoms with Crippen molar-refractivity contribution in [1.82, 2.24) is 4.57 Å². The van der Waals surface area contributed by atoms with Gasteiger partial charge in [0, 0.05) is 33.3 Å². The highest BCUT2D eigenvalue weighted by atomic mass is 79.9. The SMILES string of the molecule is CCOc1ccc(-n2c(C)cc(C=Nc3ccc(Br)cc3C)c2C)cc1. The Morgan fingerprint density at radius 1 is 1.04 bits per heavy atom. The molecule has 2 aromatic carbocycles. The molecule has 0 bridgehead atoms. The summed E-state index contributed by atoms with van der Waals surface area (Å²) in [5.41, 5.74) is 6.74. The first-order valence-corrected chi connectivity index (χ1v) is 9.51. The van der Waals surface area contributed by atoms with Crippen LogP contribution in [0.2, 0.25) is 0 Å². The van der Waals surface area contributed by atoms with Gasteiger partial charge in [-0.15, -0.1) is 0 Å². The molecule has 1 heterocycles. The number of rotatable bonds is 5. The van der Waals surface area contributed by atoms with Crippen molar-refractivity contribution in [2.75, 3.05) is 6.61 Å². The number of halogens is 1. The van der Waals surface area contributed by atoms with Gasteiger partial charge in [-0.1, -0.05) is 15.9 Å². The standard InChI is InChI=1S/C22H23BrN2O/c1-5-26-21-9-7-20(8-10-21)25-16(3)13-18(17(25)4)14-24-22-11-6-19(23)12-15(22)2/h6-14H,5H2,1-4H3. The lowest BCUT2D eigenvalue weighted by atomic mass is 10.2. The lowest BCUT2D eigenvalue weighted by Crippen LogP contribution is -2.00. The highest BCUT2D eigenvalue weighted by molar-refractivity contribution is 9.10. The van der Waals surface area contributed by atoms with Crippen molar-refractivity contribution < 1.29 is 4.74 Å². The van der Waals surface area contributed by atoms with E-state index in [1.165, 1.54) is 11.4 Å². The van der Waals surface area contributed by atoms with Crippen LogP contribution in [0.4, 0.5) is 5.69 Å². The molecule has 0 aliphatic carbocycles. The second kappa shape index (κ2) is 7.92. The molecule has 3 aromatic rings. The van der Waals surface area contributed by atoms with E-state index in [-0.39, 0.29) is 0 Å². The van der Waals surface area contributed by atoms with E-state index in [0.29, 0.717) is 6.61 Å². The maximum absolute atomic E-state index is 5.54. The molecule has 4 heteroatoms. The first-order valence-electron chi connectivity index (χ1n) is 8.72. The normalized spacial score (nSPS) is 11.3. The monoisotopic (exact) mass is 410 g/mol. The van der Waals surface area contributed by atoms with Crippen molar-refractivity contribution in [2.24, 2.45) is 4.99 Å². The zero-order valence-electron chi connectivity index (χ0n) is 15.6. The van der Waals surface area contributed by atoms with Gasteiger partial charge in [0.25, 0.3) is 0 Å². The molecule has 0 atom stereocenters. The van der Waals surface area contributed by atoms with E-state index in [0.717, 1.165) is 32.7 Å². The number of aryl methyl sites for hydroxylation is 2. The molecule has 1 aromatic heterocycles. The molecule has 0 spiro atoms. The molecule has 134 valence electrons. The Kier molecular flexibility index (Phi) is 5.62. The number of ether oxygens (including phenoxy) is 1. The van der Waals surface area contributed by atoms with Crippen molar-refractivity contribution in [3.8, 4) is 11.4 Å². The average molecular weight is 411 g/mol. The van der Waals surface area contributed by atoms with Crippen LogP contribution in [0.25, 0.3) is 5.69 Å². The highest BCUT2D eigenvalue weighted by Crippen LogP contribution is 2.25. The third kappa shape index (κ3) is 3.91. The summed E-state index contributed by atoms with van der Waals surface area (Å²) >= 11 is 3.49. The summed E-state index contributed by atoms with van der Waals surface area (Å²) in [6.45, 7) is 8.98. The zero-order chi connectivity index (χ0) is 18.7. The maximum Gasteiger partial charge on any atom is 0.119 e. The van der Waals surface area contributed by atoms with Crippen LogP contribution >= 0.6 is 15.9 Å². The van der Waals surface area contributed by atoms with Gasteiger partial charge in [0.05, 0.1) is 12.3 Å². The second-order valence-corrected chi connectivity index (χ2v) is 7.19. The summed E-state index contributed by atoms with van der Waals surface area (Å²) in [6.07, 6.45) is 1.95. The molecule has 0 amide bonds. The number of nitrogens with zero attached hydrogens (tertiary/aromatic N) is 2. The zero-order valence-corrected chi connectivity index (χ0v) is 17.2. The van der Waals surface area contributed by atoms with Crippen molar-refractivity contribution in [2.45, 2.75) is 27.7 Å². The molecular formula is C22H23BrN2O. The van der Waals surface area contributed by atoms with Crippen LogP contribution in [0.3, 0.4) is 0 Å². The fourth-order valence-electron chi connectivity index (χ4n) is 3.08. The smallest absolute Gasteiger partial charge is 0.119 e. The number of aliphatic imine (C=N–C) groups is 1. The second-order valence-electron chi connectivity index (χ2n) is 6.28. The molecule has 0 unspecified atom stereocenters. The Bertz CT molecular complexity index is 940. The summed E-state index contributed by atoms with van der Waals surface area (Å²) in [6, 6.07) is 16.5. The summed E-state index contributed by atoms with van der Waals surface area (Å²) in [5.74, 6) is 0.895. The van der Waals surface area contributed by atoms with E-state index in [4.69, 9.17) is 4.74 Å². The molecule has 0 N–H and O–H groups in total. The molecule has 26 heavy (non-hydrogen) atoms. The van der Waals surface area contributed by atoms with Gasteiger partial charge in [-0.3, -0.25) is 4.99 Å². The van der Waals surface area contributed by atoms with E-state index < -0.39 is 0 Å². The molecule has 0 aliphatic rings. The molecule has 0 radical (unpaired) electrons. The van der Waals surface area contributed by atoms with Crippen LogP contribution in [0, 0.1) is 20.8 Å². The lowest BCUT2D eigenvalue weighted by Gasteiger charge is -2.11. The van der Waals surface area contributed by atoms with Crippen LogP contribution in [0.15, 0.2) is 58.0 Å². The molecule has 0 aliphatic heterocycles. The van der Waals surface area contributed by atoms with E-state index in [1.54, 1.807) is 0 Å². The molecular weight excluding hydrogens is 388 g/mol. The lowest BCUT2D eigenvalue weighted by molar-refractivity contribution is 0.340. The number of hydrogen-bond acceptors (Lipinski definition) is 2. The summed E-state index contributed by atoms with van der Waals surface area (Å²) < 4.78 is 8.85. The van der Waals surface area contributed by atoms with Gasteiger partial charge in [0.15, 0.2) is 0 Å². The molecule has 0 saturated carbocycles. The fourth-order valence-corrected chi connectivity index (χ4v) is 3.55. The maximum atomic E-state index is 5.54. The van der Waals surface area contributed by atoms with Crippen LogP contribution in [-0.4, -0.2) is 17.4 Å². The Hall–Kier alpha value is -2.33. The van der Waals surface area contributed by atoms with Crippen molar-refractivity contribution >= 4 is 27.8 Å². The quantitative estimate of drug-likeness (QED) is 0.452. The summed E-state index contributed by atoms with van der Waals surface area (Å²) in [5, 5.41) is 0. The first-order chi connectivity index (χ1) is 12.5.